The van der Waals surface area contributed by atoms with Crippen molar-refractivity contribution in [2.75, 3.05) is 26.4 Å². The molecular weight excluding hydrogens is 250 g/mol. The van der Waals surface area contributed by atoms with Crippen LogP contribution in [0.15, 0.2) is 12.2 Å². The molecule has 0 aromatic carbocycles. The normalized spacial score (nSPS) is 11.4. The molecule has 0 unspecified atom stereocenters. The molecule has 0 aromatic rings. The second kappa shape index (κ2) is 10.9. The van der Waals surface area contributed by atoms with Gasteiger partial charge < -0.3 is 4.74 Å². The summed E-state index contributed by atoms with van der Waals surface area (Å²) in [5, 5.41) is 0. The van der Waals surface area contributed by atoms with E-state index < -0.39 is 0 Å². The lowest BCUT2D eigenvalue weighted by atomic mass is 10.2. The summed E-state index contributed by atoms with van der Waals surface area (Å²) < 4.78 is 6.42. The minimum atomic E-state index is -0.253. The van der Waals surface area contributed by atoms with Gasteiger partial charge in [0, 0.05) is 5.57 Å². The van der Waals surface area contributed by atoms with E-state index in [4.69, 9.17) is 4.74 Å². The third kappa shape index (κ3) is 7.68. The predicted molar refractivity (Wildman–Crippen MR) is 85.4 cm³/mol. The summed E-state index contributed by atoms with van der Waals surface area (Å²) >= 11 is 0. The van der Waals surface area contributed by atoms with Crippen LogP contribution in [0.1, 0.15) is 66.2 Å². The summed E-state index contributed by atoms with van der Waals surface area (Å²) in [5.41, 5.74) is 0.490. The SMILES string of the molecule is C=C(C)C(=O)OC[N+](CCCC)(CCCC)CCCC. The zero-order valence-electron chi connectivity index (χ0n) is 14.0. The number of nitrogens with zero attached hydrogens (tertiary/aromatic N) is 1. The first-order valence-electron chi connectivity index (χ1n) is 8.19. The van der Waals surface area contributed by atoms with Crippen molar-refractivity contribution >= 4 is 5.97 Å². The van der Waals surface area contributed by atoms with E-state index in [1.165, 1.54) is 38.5 Å². The van der Waals surface area contributed by atoms with Crippen LogP contribution in [0, 0.1) is 0 Å². The molecule has 0 amide bonds. The first-order chi connectivity index (χ1) is 9.51. The van der Waals surface area contributed by atoms with E-state index >= 15 is 0 Å². The van der Waals surface area contributed by atoms with Crippen molar-refractivity contribution in [1.82, 2.24) is 0 Å². The molecule has 0 rings (SSSR count). The molecule has 0 radical (unpaired) electrons. The van der Waals surface area contributed by atoms with Crippen LogP contribution in [0.3, 0.4) is 0 Å². The number of hydrogen-bond acceptors (Lipinski definition) is 2. The van der Waals surface area contributed by atoms with Crippen LogP contribution in [-0.2, 0) is 9.53 Å². The largest absolute Gasteiger partial charge is 0.412 e. The third-order valence-corrected chi connectivity index (χ3v) is 3.78. The molecule has 0 aliphatic rings. The van der Waals surface area contributed by atoms with E-state index in [1.54, 1.807) is 6.92 Å². The highest BCUT2D eigenvalue weighted by molar-refractivity contribution is 5.86. The van der Waals surface area contributed by atoms with Crippen molar-refractivity contribution < 1.29 is 14.0 Å². The summed E-state index contributed by atoms with van der Waals surface area (Å²) in [6, 6.07) is 0. The molecule has 3 nitrogen and oxygen atoms in total. The highest BCUT2D eigenvalue weighted by Crippen LogP contribution is 2.15. The zero-order chi connectivity index (χ0) is 15.4. The zero-order valence-corrected chi connectivity index (χ0v) is 14.0. The molecule has 0 aromatic heterocycles. The smallest absolute Gasteiger partial charge is 0.337 e. The molecule has 0 atom stereocenters. The average molecular weight is 284 g/mol. The van der Waals surface area contributed by atoms with E-state index in [9.17, 15) is 4.79 Å². The fraction of sp³-hybridized carbons (Fsp3) is 0.824. The summed E-state index contributed by atoms with van der Waals surface area (Å²) in [6.07, 6.45) is 7.14. The van der Waals surface area contributed by atoms with Crippen LogP contribution in [0.25, 0.3) is 0 Å². The highest BCUT2D eigenvalue weighted by atomic mass is 16.5. The van der Waals surface area contributed by atoms with Crippen LogP contribution in [0.5, 0.6) is 0 Å². The van der Waals surface area contributed by atoms with Gasteiger partial charge in [-0.1, -0.05) is 46.6 Å². The number of rotatable bonds is 12. The second-order valence-corrected chi connectivity index (χ2v) is 5.91. The van der Waals surface area contributed by atoms with Crippen molar-refractivity contribution in [1.29, 1.82) is 0 Å². The molecule has 0 aliphatic carbocycles. The van der Waals surface area contributed by atoms with Gasteiger partial charge in [0.1, 0.15) is 0 Å². The van der Waals surface area contributed by atoms with Gasteiger partial charge in [0.05, 0.1) is 19.6 Å². The third-order valence-electron chi connectivity index (χ3n) is 3.78. The minimum absolute atomic E-state index is 0.253. The average Bonchev–Trinajstić information content (AvgIpc) is 2.45. The second-order valence-electron chi connectivity index (χ2n) is 5.91. The Morgan fingerprint density at radius 1 is 0.950 bits per heavy atom. The molecule has 0 bridgehead atoms. The monoisotopic (exact) mass is 284 g/mol. The van der Waals surface area contributed by atoms with Crippen molar-refractivity contribution in [2.45, 2.75) is 66.2 Å². The van der Waals surface area contributed by atoms with Gasteiger partial charge in [0.2, 0.25) is 6.73 Å². The van der Waals surface area contributed by atoms with Crippen LogP contribution in [0.2, 0.25) is 0 Å². The number of hydrogen-bond donors (Lipinski definition) is 0. The predicted octanol–water partition coefficient (Wildman–Crippen LogP) is 4.28. The first-order valence-corrected chi connectivity index (χ1v) is 8.19. The van der Waals surface area contributed by atoms with Gasteiger partial charge in [0.25, 0.3) is 0 Å². The van der Waals surface area contributed by atoms with E-state index in [0.29, 0.717) is 12.3 Å². The summed E-state index contributed by atoms with van der Waals surface area (Å²) in [7, 11) is 0. The first kappa shape index (κ1) is 19.2. The Kier molecular flexibility index (Phi) is 10.4. The Morgan fingerprint density at radius 3 is 1.65 bits per heavy atom. The lowest BCUT2D eigenvalue weighted by molar-refractivity contribution is -0.944. The van der Waals surface area contributed by atoms with Gasteiger partial charge in [-0.2, -0.15) is 0 Å². The number of quaternary nitrogens is 1. The molecule has 3 heteroatoms. The number of esters is 1. The van der Waals surface area contributed by atoms with Crippen molar-refractivity contribution in [3.8, 4) is 0 Å². The summed E-state index contributed by atoms with van der Waals surface area (Å²) in [4.78, 5) is 11.7. The van der Waals surface area contributed by atoms with Gasteiger partial charge in [0.15, 0.2) is 0 Å². The van der Waals surface area contributed by atoms with E-state index in [1.807, 2.05) is 0 Å². The Hall–Kier alpha value is -0.830. The van der Waals surface area contributed by atoms with Crippen molar-refractivity contribution in [3.05, 3.63) is 12.2 Å². The fourth-order valence-corrected chi connectivity index (χ4v) is 2.33. The van der Waals surface area contributed by atoms with E-state index in [2.05, 4.69) is 27.4 Å². The molecular formula is C17H34NO2+. The standard InChI is InChI=1S/C17H34NO2/c1-6-9-12-18(13-10-7-2,14-11-8-3)15-20-17(19)16(4)5/h4,6-15H2,1-3,5H3/q+1. The fourth-order valence-electron chi connectivity index (χ4n) is 2.33. The molecule has 0 fully saturated rings. The van der Waals surface area contributed by atoms with Gasteiger partial charge >= 0.3 is 5.97 Å². The van der Waals surface area contributed by atoms with E-state index in [-0.39, 0.29) is 5.97 Å². The van der Waals surface area contributed by atoms with E-state index in [0.717, 1.165) is 24.1 Å². The van der Waals surface area contributed by atoms with Crippen molar-refractivity contribution in [2.24, 2.45) is 0 Å². The summed E-state index contributed by atoms with van der Waals surface area (Å²) in [5.74, 6) is -0.253. The molecule has 20 heavy (non-hydrogen) atoms. The van der Waals surface area contributed by atoms with Crippen LogP contribution in [-0.4, -0.2) is 36.8 Å². The maximum Gasteiger partial charge on any atom is 0.337 e. The molecule has 0 spiro atoms. The molecule has 0 saturated heterocycles. The number of carbonyl (C=O) groups excluding carboxylic acids is 1. The van der Waals surface area contributed by atoms with Crippen molar-refractivity contribution in [3.63, 3.8) is 0 Å². The molecule has 0 heterocycles. The molecule has 118 valence electrons. The Morgan fingerprint density at radius 2 is 1.35 bits per heavy atom. The number of unbranched alkanes of at least 4 members (excludes halogenated alkanes) is 3. The molecule has 0 saturated carbocycles. The quantitative estimate of drug-likeness (QED) is 0.231. The van der Waals surface area contributed by atoms with Gasteiger partial charge in [-0.3, -0.25) is 4.48 Å². The topological polar surface area (TPSA) is 26.3 Å². The lowest BCUT2D eigenvalue weighted by Gasteiger charge is -2.38. The van der Waals surface area contributed by atoms with Crippen LogP contribution >= 0.6 is 0 Å². The minimum Gasteiger partial charge on any atom is -0.412 e. The Balaban J connectivity index is 4.73. The van der Waals surface area contributed by atoms with Crippen LogP contribution in [0.4, 0.5) is 0 Å². The van der Waals surface area contributed by atoms with Gasteiger partial charge in [-0.05, 0) is 26.2 Å². The highest BCUT2D eigenvalue weighted by Gasteiger charge is 2.27. The Labute approximate surface area is 125 Å². The molecule has 0 aliphatic heterocycles. The molecule has 0 N–H and O–H groups in total. The van der Waals surface area contributed by atoms with Gasteiger partial charge in [-0.15, -0.1) is 0 Å². The maximum atomic E-state index is 11.7. The van der Waals surface area contributed by atoms with Gasteiger partial charge in [-0.25, -0.2) is 4.79 Å². The number of ether oxygens (including phenoxy) is 1. The lowest BCUT2D eigenvalue weighted by Crippen LogP contribution is -2.52. The maximum absolute atomic E-state index is 11.7. The Bertz CT molecular complexity index is 265. The summed E-state index contributed by atoms with van der Waals surface area (Å²) in [6.45, 7) is 15.9. The number of carbonyl (C=O) groups is 1. The van der Waals surface area contributed by atoms with Crippen LogP contribution < -0.4 is 0 Å².